The number of oxime groups is 1. The number of nitrogens with one attached hydrogen (secondary N) is 1. The molecule has 0 saturated heterocycles. The highest BCUT2D eigenvalue weighted by Crippen LogP contribution is 2.22. The van der Waals surface area contributed by atoms with Gasteiger partial charge in [0.2, 0.25) is 0 Å². The van der Waals surface area contributed by atoms with Crippen molar-refractivity contribution < 1.29 is 5.21 Å². The number of rotatable bonds is 2. The van der Waals surface area contributed by atoms with Gasteiger partial charge in [-0.05, 0) is 13.8 Å². The Morgan fingerprint density at radius 2 is 2.36 bits per heavy atom. The minimum absolute atomic E-state index is 0.335. The third kappa shape index (κ3) is 5.00. The fourth-order valence-corrected chi connectivity index (χ4v) is 1.71. The van der Waals surface area contributed by atoms with Crippen LogP contribution in [0.1, 0.15) is 13.8 Å². The zero-order valence-corrected chi connectivity index (χ0v) is 8.00. The van der Waals surface area contributed by atoms with Gasteiger partial charge in [0.15, 0.2) is 0 Å². The van der Waals surface area contributed by atoms with Crippen LogP contribution in [0.15, 0.2) is 5.16 Å². The van der Waals surface area contributed by atoms with Gasteiger partial charge in [0.05, 0.1) is 11.0 Å². The average Bonchev–Trinajstić information content (AvgIpc) is 1.86. The predicted octanol–water partition coefficient (Wildman–Crippen LogP) is 0.706. The summed E-state index contributed by atoms with van der Waals surface area (Å²) in [6.07, 6.45) is 1.39. The highest BCUT2D eigenvalue weighted by Gasteiger charge is 2.17. The van der Waals surface area contributed by atoms with Gasteiger partial charge < -0.3 is 10.6 Å². The largest absolute Gasteiger partial charge is 0.411 e. The zero-order valence-electron chi connectivity index (χ0n) is 6.37. The molecule has 0 aliphatic carbocycles. The van der Waals surface area contributed by atoms with Crippen LogP contribution in [0.3, 0.4) is 0 Å². The molecule has 0 unspecified atom stereocenters. The maximum absolute atomic E-state index is 8.25. The Balaban J connectivity index is 4.01. The first-order chi connectivity index (χ1) is 5.02. The summed E-state index contributed by atoms with van der Waals surface area (Å²) in [5.74, 6) is 5.06. The molecule has 0 atom stereocenters. The summed E-state index contributed by atoms with van der Waals surface area (Å²) >= 11 is 6.11. The van der Waals surface area contributed by atoms with Crippen LogP contribution in [0, 0.1) is 0 Å². The lowest BCUT2D eigenvalue weighted by molar-refractivity contribution is 0.319. The summed E-state index contributed by atoms with van der Waals surface area (Å²) in [6, 6.07) is 0. The van der Waals surface area contributed by atoms with Crippen molar-refractivity contribution in [3.63, 3.8) is 0 Å². The number of hydrogen-bond acceptors (Lipinski definition) is 5. The molecular weight excluding hydrogens is 182 g/mol. The van der Waals surface area contributed by atoms with Crippen LogP contribution in [0.5, 0.6) is 0 Å². The Labute approximate surface area is 75.2 Å². The van der Waals surface area contributed by atoms with E-state index in [0.29, 0.717) is 4.32 Å². The molecule has 0 aliphatic heterocycles. The zero-order chi connectivity index (χ0) is 8.91. The quantitative estimate of drug-likeness (QED) is 0.198. The maximum atomic E-state index is 8.25. The molecule has 0 aromatic carbocycles. The Kier molecular flexibility index (Phi) is 4.39. The number of hydrazine groups is 1. The van der Waals surface area contributed by atoms with E-state index in [2.05, 4.69) is 10.6 Å². The van der Waals surface area contributed by atoms with Crippen LogP contribution in [-0.2, 0) is 0 Å². The van der Waals surface area contributed by atoms with E-state index in [9.17, 15) is 0 Å². The molecule has 4 nitrogen and oxygen atoms in total. The predicted molar refractivity (Wildman–Crippen MR) is 51.9 cm³/mol. The molecule has 0 radical (unpaired) electrons. The van der Waals surface area contributed by atoms with E-state index in [1.807, 2.05) is 13.8 Å². The average molecular weight is 193 g/mol. The van der Waals surface area contributed by atoms with E-state index in [1.54, 1.807) is 0 Å². The first-order valence-corrected chi connectivity index (χ1v) is 4.12. The van der Waals surface area contributed by atoms with Crippen molar-refractivity contribution in [2.75, 3.05) is 0 Å². The van der Waals surface area contributed by atoms with E-state index in [-0.39, 0.29) is 4.75 Å². The second-order valence-corrected chi connectivity index (χ2v) is 4.71. The third-order valence-corrected chi connectivity index (χ3v) is 2.14. The fourth-order valence-electron chi connectivity index (χ4n) is 0.434. The van der Waals surface area contributed by atoms with Gasteiger partial charge in [0.1, 0.15) is 4.32 Å². The second-order valence-electron chi connectivity index (χ2n) is 2.38. The van der Waals surface area contributed by atoms with Gasteiger partial charge in [-0.1, -0.05) is 24.0 Å². The van der Waals surface area contributed by atoms with Gasteiger partial charge in [0, 0.05) is 0 Å². The van der Waals surface area contributed by atoms with Crippen LogP contribution in [0.25, 0.3) is 0 Å². The molecule has 0 aromatic rings. The van der Waals surface area contributed by atoms with Crippen LogP contribution < -0.4 is 11.3 Å². The molecule has 6 heteroatoms. The summed E-state index contributed by atoms with van der Waals surface area (Å²) in [4.78, 5) is 0. The van der Waals surface area contributed by atoms with E-state index in [0.717, 1.165) is 0 Å². The molecule has 0 heterocycles. The Morgan fingerprint density at radius 3 is 2.73 bits per heavy atom. The van der Waals surface area contributed by atoms with E-state index < -0.39 is 0 Å². The minimum Gasteiger partial charge on any atom is -0.411 e. The molecule has 64 valence electrons. The van der Waals surface area contributed by atoms with Crippen molar-refractivity contribution in [3.05, 3.63) is 0 Å². The highest BCUT2D eigenvalue weighted by atomic mass is 32.2. The SMILES string of the molecule is CC(C)(/C=N\O)SC(=S)NN. The molecular formula is C5H11N3OS2. The third-order valence-electron chi connectivity index (χ3n) is 0.842. The van der Waals surface area contributed by atoms with Gasteiger partial charge in [-0.25, -0.2) is 5.84 Å². The molecule has 0 bridgehead atoms. The van der Waals surface area contributed by atoms with Crippen molar-refractivity contribution >= 4 is 34.5 Å². The first-order valence-electron chi connectivity index (χ1n) is 2.90. The Hall–Kier alpha value is -0.330. The molecule has 0 saturated carbocycles. The monoisotopic (exact) mass is 193 g/mol. The van der Waals surface area contributed by atoms with Crippen LogP contribution in [0.4, 0.5) is 0 Å². The molecule has 4 N–H and O–H groups in total. The van der Waals surface area contributed by atoms with E-state index >= 15 is 0 Å². The van der Waals surface area contributed by atoms with Crippen molar-refractivity contribution in [2.24, 2.45) is 11.0 Å². The number of thioether (sulfide) groups is 1. The lowest BCUT2D eigenvalue weighted by Crippen LogP contribution is -2.30. The Bertz CT molecular complexity index is 169. The number of hydrogen-bond donors (Lipinski definition) is 3. The second kappa shape index (κ2) is 4.53. The summed E-state index contributed by atoms with van der Waals surface area (Å²) in [6.45, 7) is 3.72. The number of nitrogens with zero attached hydrogens (tertiary/aromatic N) is 1. The van der Waals surface area contributed by atoms with E-state index in [1.165, 1.54) is 18.0 Å². The molecule has 0 fully saturated rings. The maximum Gasteiger partial charge on any atom is 0.148 e. The lowest BCUT2D eigenvalue weighted by atomic mass is 10.2. The van der Waals surface area contributed by atoms with Gasteiger partial charge >= 0.3 is 0 Å². The summed E-state index contributed by atoms with van der Waals surface area (Å²) in [5, 5.41) is 11.2. The summed E-state index contributed by atoms with van der Waals surface area (Å²) in [5.41, 5.74) is 2.33. The fraction of sp³-hybridized carbons (Fsp3) is 0.600. The van der Waals surface area contributed by atoms with Gasteiger partial charge in [-0.2, -0.15) is 0 Å². The smallest absolute Gasteiger partial charge is 0.148 e. The summed E-state index contributed by atoms with van der Waals surface area (Å²) < 4.78 is 0.132. The highest BCUT2D eigenvalue weighted by molar-refractivity contribution is 8.24. The van der Waals surface area contributed by atoms with Crippen LogP contribution >= 0.6 is 24.0 Å². The normalized spacial score (nSPS) is 11.9. The Morgan fingerprint density at radius 1 is 1.82 bits per heavy atom. The van der Waals surface area contributed by atoms with Crippen LogP contribution in [-0.4, -0.2) is 20.5 Å². The molecule has 0 aliphatic rings. The molecule has 0 spiro atoms. The van der Waals surface area contributed by atoms with Gasteiger partial charge in [0.25, 0.3) is 0 Å². The lowest BCUT2D eigenvalue weighted by Gasteiger charge is -2.17. The molecule has 0 aromatic heterocycles. The van der Waals surface area contributed by atoms with Crippen LogP contribution in [0.2, 0.25) is 0 Å². The van der Waals surface area contributed by atoms with Gasteiger partial charge in [-0.3, -0.25) is 0 Å². The number of thiocarbonyl (C=S) groups is 1. The standard InChI is InChI=1S/C5H11N3OS2/c1-5(2,3-7-9)11-4(10)8-6/h3,9H,6H2,1-2H3,(H,8,10)/b7-3-. The van der Waals surface area contributed by atoms with Crippen molar-refractivity contribution in [1.29, 1.82) is 0 Å². The number of nitrogens with two attached hydrogens (primary N) is 1. The van der Waals surface area contributed by atoms with Crippen molar-refractivity contribution in [1.82, 2.24) is 5.43 Å². The summed E-state index contributed by atoms with van der Waals surface area (Å²) in [7, 11) is 0. The topological polar surface area (TPSA) is 70.6 Å². The van der Waals surface area contributed by atoms with Crippen molar-refractivity contribution in [3.8, 4) is 0 Å². The molecule has 0 rings (SSSR count). The van der Waals surface area contributed by atoms with E-state index in [4.69, 9.17) is 23.3 Å². The molecule has 11 heavy (non-hydrogen) atoms. The van der Waals surface area contributed by atoms with Gasteiger partial charge in [-0.15, -0.1) is 5.16 Å². The minimum atomic E-state index is -0.335. The molecule has 0 amide bonds. The first kappa shape index (κ1) is 10.7. The van der Waals surface area contributed by atoms with Crippen molar-refractivity contribution in [2.45, 2.75) is 18.6 Å².